The minimum absolute atomic E-state index is 0.195. The molecule has 73 heavy (non-hydrogen) atoms. The third kappa shape index (κ3) is 11.9. The summed E-state index contributed by atoms with van der Waals surface area (Å²) in [7, 11) is 0. The molecule has 0 aliphatic heterocycles. The number of hydrogen-bond donors (Lipinski definition) is 0. The molecule has 0 N–H and O–H groups in total. The van der Waals surface area contributed by atoms with Crippen molar-refractivity contribution in [2.24, 2.45) is 61.1 Å². The summed E-state index contributed by atoms with van der Waals surface area (Å²) in [6.45, 7) is 11.7. The number of carbonyl (C=O) groups excluding carboxylic acids is 3. The van der Waals surface area contributed by atoms with Crippen LogP contribution in [-0.4, -0.2) is 37.2 Å². The van der Waals surface area contributed by atoms with Crippen LogP contribution in [0.3, 0.4) is 0 Å². The number of hydrogen-bond acceptors (Lipinski definition) is 6. The first-order chi connectivity index (χ1) is 35.1. The highest BCUT2D eigenvalue weighted by Crippen LogP contribution is 2.48. The van der Waals surface area contributed by atoms with Gasteiger partial charge in [0.15, 0.2) is 6.10 Å². The van der Waals surface area contributed by atoms with Crippen LogP contribution in [-0.2, 0) is 28.6 Å². The Kier molecular flexibility index (Phi) is 16.0. The first-order valence-corrected chi connectivity index (χ1v) is 27.1. The molecule has 0 aromatic carbocycles. The predicted octanol–water partition coefficient (Wildman–Crippen LogP) is 15.1. The standard InChI is InChI=1S/C67H78O6/c1-7-11-23-62(39-41-63(42-40-62)24-15-12-16-25-63)30-21-22-53(8-2)57(68)73-54(51-71-58(69)55(9-3)60(5)31-35-66(36-32-60)47-43-64(44-48-66)26-17-13-18-27-64)52-72-59(70)56(10-4)61(6)33-37-67(38-34-61)49-45-65(46-50-67)28-19-14-20-29-65/h11,15-21,23-50,53-56H,7-10,12-14,22,51-52H2,1-6H3/b23-11-,30-21-. The van der Waals surface area contributed by atoms with E-state index in [0.717, 1.165) is 25.7 Å². The van der Waals surface area contributed by atoms with Gasteiger partial charge in [-0.25, -0.2) is 0 Å². The average Bonchev–Trinajstić information content (AvgIpc) is 3.41. The average molecular weight is 979 g/mol. The van der Waals surface area contributed by atoms with Crippen molar-refractivity contribution < 1.29 is 28.6 Å². The maximum Gasteiger partial charge on any atom is 0.310 e. The minimum Gasteiger partial charge on any atom is -0.461 e. The van der Waals surface area contributed by atoms with Crippen LogP contribution in [0.5, 0.6) is 0 Å². The molecule has 8 aliphatic carbocycles. The van der Waals surface area contributed by atoms with Crippen molar-refractivity contribution >= 4 is 17.9 Å². The molecule has 3 atom stereocenters. The fraction of sp³-hybridized carbons (Fsp3) is 0.418. The molecular weight excluding hydrogens is 901 g/mol. The zero-order chi connectivity index (χ0) is 51.7. The van der Waals surface area contributed by atoms with E-state index in [1.165, 1.54) is 0 Å². The van der Waals surface area contributed by atoms with Crippen molar-refractivity contribution in [2.75, 3.05) is 13.2 Å². The first kappa shape index (κ1) is 53.0. The van der Waals surface area contributed by atoms with Crippen molar-refractivity contribution in [2.45, 2.75) is 99.0 Å². The van der Waals surface area contributed by atoms with Gasteiger partial charge in [0, 0.05) is 43.3 Å². The number of carbonyl (C=O) groups is 3. The lowest BCUT2D eigenvalue weighted by Gasteiger charge is -2.38. The van der Waals surface area contributed by atoms with Gasteiger partial charge in [0.25, 0.3) is 0 Å². The van der Waals surface area contributed by atoms with Crippen molar-refractivity contribution in [1.82, 2.24) is 0 Å². The van der Waals surface area contributed by atoms with Gasteiger partial charge in [0.2, 0.25) is 0 Å². The van der Waals surface area contributed by atoms with E-state index in [1.54, 1.807) is 0 Å². The number of rotatable bonds is 18. The van der Waals surface area contributed by atoms with E-state index in [0.29, 0.717) is 25.7 Å². The molecule has 0 fully saturated rings. The normalized spacial score (nSPS) is 24.9. The van der Waals surface area contributed by atoms with Crippen LogP contribution in [0.25, 0.3) is 0 Å². The lowest BCUT2D eigenvalue weighted by Crippen LogP contribution is -2.39. The molecule has 0 saturated carbocycles. The highest BCUT2D eigenvalue weighted by molar-refractivity contribution is 5.76. The van der Waals surface area contributed by atoms with E-state index in [9.17, 15) is 14.4 Å². The maximum atomic E-state index is 14.2. The minimum atomic E-state index is -1.02. The van der Waals surface area contributed by atoms with E-state index in [4.69, 9.17) is 14.2 Å². The Morgan fingerprint density at radius 2 is 0.753 bits per heavy atom. The van der Waals surface area contributed by atoms with Gasteiger partial charge in [-0.15, -0.1) is 0 Å². The maximum absolute atomic E-state index is 14.2. The summed E-state index contributed by atoms with van der Waals surface area (Å²) in [6, 6.07) is 0. The molecule has 8 aliphatic rings. The Morgan fingerprint density at radius 1 is 0.425 bits per heavy atom. The van der Waals surface area contributed by atoms with Crippen LogP contribution >= 0.6 is 0 Å². The van der Waals surface area contributed by atoms with Crippen LogP contribution < -0.4 is 0 Å². The van der Waals surface area contributed by atoms with Gasteiger partial charge in [0.1, 0.15) is 13.2 Å². The molecule has 5 spiro atoms. The molecule has 6 nitrogen and oxygen atoms in total. The SMILES string of the molecule is CC/C=C\C1(/C=C\CC(CC)C(=O)OC(COC(=O)C(CC)C2(C)C=CC3(C=CC4(C=CCC=C4)C=C3)C=C2)COC(=O)C(CC)C2(C)C=CC3(C=CC4(C=CCC=C4)C=C3)C=C2)C=CC2(C=CCC=C2)C=C1. The van der Waals surface area contributed by atoms with Gasteiger partial charge >= 0.3 is 17.9 Å². The van der Waals surface area contributed by atoms with Crippen molar-refractivity contribution in [3.05, 3.63) is 219 Å². The van der Waals surface area contributed by atoms with Crippen LogP contribution in [0.4, 0.5) is 0 Å². The molecule has 382 valence electrons. The van der Waals surface area contributed by atoms with Crippen molar-refractivity contribution in [3.63, 3.8) is 0 Å². The van der Waals surface area contributed by atoms with E-state index >= 15 is 0 Å². The van der Waals surface area contributed by atoms with Gasteiger partial charge in [0.05, 0.1) is 17.8 Å². The smallest absolute Gasteiger partial charge is 0.310 e. The summed E-state index contributed by atoms with van der Waals surface area (Å²) in [5.41, 5.74) is -3.02. The van der Waals surface area contributed by atoms with Gasteiger partial charge in [-0.3, -0.25) is 14.4 Å². The summed E-state index contributed by atoms with van der Waals surface area (Å²) >= 11 is 0. The van der Waals surface area contributed by atoms with Crippen LogP contribution in [0.1, 0.15) is 92.9 Å². The topological polar surface area (TPSA) is 78.9 Å². The molecule has 0 amide bonds. The third-order valence-electron chi connectivity index (χ3n) is 16.4. The summed E-state index contributed by atoms with van der Waals surface area (Å²) in [5, 5.41) is 0. The zero-order valence-corrected chi connectivity index (χ0v) is 44.1. The summed E-state index contributed by atoms with van der Waals surface area (Å²) in [4.78, 5) is 42.7. The Bertz CT molecular complexity index is 2400. The second kappa shape index (κ2) is 22.1. The molecule has 0 aromatic heterocycles. The Labute approximate surface area is 436 Å². The highest BCUT2D eigenvalue weighted by Gasteiger charge is 2.42. The van der Waals surface area contributed by atoms with Gasteiger partial charge in [-0.05, 0) is 51.4 Å². The summed E-state index contributed by atoms with van der Waals surface area (Å²) < 4.78 is 18.5. The van der Waals surface area contributed by atoms with Gasteiger partial charge in [-0.2, -0.15) is 0 Å². The first-order valence-electron chi connectivity index (χ1n) is 27.1. The largest absolute Gasteiger partial charge is 0.461 e. The van der Waals surface area contributed by atoms with Crippen LogP contribution in [0.2, 0.25) is 0 Å². The second-order valence-electron chi connectivity index (χ2n) is 22.0. The van der Waals surface area contributed by atoms with Gasteiger partial charge < -0.3 is 14.2 Å². The summed E-state index contributed by atoms with van der Waals surface area (Å²) in [6.07, 6.45) is 83.8. The number of ether oxygens (including phenoxy) is 3. The van der Waals surface area contributed by atoms with Crippen LogP contribution in [0.15, 0.2) is 219 Å². The molecule has 0 saturated heterocycles. The van der Waals surface area contributed by atoms with Gasteiger partial charge in [-0.1, -0.05) is 260 Å². The monoisotopic (exact) mass is 979 g/mol. The number of allylic oxidation sites excluding steroid dienone is 36. The molecule has 0 radical (unpaired) electrons. The fourth-order valence-electron chi connectivity index (χ4n) is 11.3. The van der Waals surface area contributed by atoms with E-state index in [2.05, 4.69) is 240 Å². The lowest BCUT2D eigenvalue weighted by molar-refractivity contribution is -0.173. The third-order valence-corrected chi connectivity index (χ3v) is 16.4. The Balaban J connectivity index is 0.954. The summed E-state index contributed by atoms with van der Waals surface area (Å²) in [5.74, 6) is -2.73. The van der Waals surface area contributed by atoms with E-state index < -0.39 is 58.0 Å². The predicted molar refractivity (Wildman–Crippen MR) is 297 cm³/mol. The van der Waals surface area contributed by atoms with E-state index in [1.807, 2.05) is 20.8 Å². The van der Waals surface area contributed by atoms with Crippen molar-refractivity contribution in [3.8, 4) is 0 Å². The molecule has 0 aromatic rings. The lowest BCUT2D eigenvalue weighted by atomic mass is 9.66. The fourth-order valence-corrected chi connectivity index (χ4v) is 11.3. The molecular formula is C67H78O6. The Morgan fingerprint density at radius 3 is 1.10 bits per heavy atom. The second-order valence-corrected chi connectivity index (χ2v) is 22.0. The Hall–Kier alpha value is -6.27. The molecule has 3 unspecified atom stereocenters. The van der Waals surface area contributed by atoms with E-state index in [-0.39, 0.29) is 40.3 Å². The molecule has 6 heteroatoms. The quantitative estimate of drug-likeness (QED) is 0.0773. The van der Waals surface area contributed by atoms with Crippen molar-refractivity contribution in [1.29, 1.82) is 0 Å². The molecule has 0 heterocycles. The molecule has 0 bridgehead atoms. The number of esters is 3. The highest BCUT2D eigenvalue weighted by atomic mass is 16.6. The zero-order valence-electron chi connectivity index (χ0n) is 44.1. The van der Waals surface area contributed by atoms with Crippen LogP contribution in [0, 0.1) is 61.1 Å². The molecule has 8 rings (SSSR count).